The third-order valence-electron chi connectivity index (χ3n) is 3.26. The zero-order valence-corrected chi connectivity index (χ0v) is 13.6. The second kappa shape index (κ2) is 7.37. The smallest absolute Gasteiger partial charge is 0.352 e. The van der Waals surface area contributed by atoms with Gasteiger partial charge in [0, 0.05) is 31.0 Å². The first-order valence-electron chi connectivity index (χ1n) is 7.52. The van der Waals surface area contributed by atoms with E-state index >= 15 is 0 Å². The van der Waals surface area contributed by atoms with Gasteiger partial charge in [-0.15, -0.1) is 0 Å². The molecule has 0 saturated carbocycles. The predicted octanol–water partition coefficient (Wildman–Crippen LogP) is 2.83. The second-order valence-corrected chi connectivity index (χ2v) is 5.35. The lowest BCUT2D eigenvalue weighted by molar-refractivity contribution is -0.141. The van der Waals surface area contributed by atoms with Gasteiger partial charge in [0.25, 0.3) is 11.8 Å². The SMILES string of the molecule is CCCNC(=O)c1cccc(NC(=O)c2cn(C)nc2C(F)(F)F)c1. The van der Waals surface area contributed by atoms with E-state index in [9.17, 15) is 22.8 Å². The van der Waals surface area contributed by atoms with Crippen LogP contribution < -0.4 is 10.6 Å². The summed E-state index contributed by atoms with van der Waals surface area (Å²) in [6.07, 6.45) is -2.98. The van der Waals surface area contributed by atoms with Crippen LogP contribution in [0.4, 0.5) is 18.9 Å². The van der Waals surface area contributed by atoms with Crippen molar-refractivity contribution in [2.75, 3.05) is 11.9 Å². The van der Waals surface area contributed by atoms with Crippen molar-refractivity contribution in [3.8, 4) is 0 Å². The van der Waals surface area contributed by atoms with Crippen LogP contribution in [0.5, 0.6) is 0 Å². The molecule has 0 aliphatic rings. The molecule has 0 aliphatic carbocycles. The van der Waals surface area contributed by atoms with Gasteiger partial charge in [-0.3, -0.25) is 14.3 Å². The largest absolute Gasteiger partial charge is 0.435 e. The number of hydrogen-bond donors (Lipinski definition) is 2. The van der Waals surface area contributed by atoms with Crippen LogP contribution in [0.3, 0.4) is 0 Å². The third kappa shape index (κ3) is 4.59. The maximum Gasteiger partial charge on any atom is 0.435 e. The van der Waals surface area contributed by atoms with Crippen molar-refractivity contribution in [2.24, 2.45) is 7.05 Å². The molecule has 134 valence electrons. The zero-order chi connectivity index (χ0) is 18.6. The lowest BCUT2D eigenvalue weighted by atomic mass is 10.1. The fraction of sp³-hybridized carbons (Fsp3) is 0.312. The quantitative estimate of drug-likeness (QED) is 0.867. The summed E-state index contributed by atoms with van der Waals surface area (Å²) in [6, 6.07) is 5.96. The van der Waals surface area contributed by atoms with Crippen LogP contribution in [0.25, 0.3) is 0 Å². The molecule has 0 fully saturated rings. The summed E-state index contributed by atoms with van der Waals surface area (Å²) in [4.78, 5) is 24.1. The molecule has 0 spiro atoms. The summed E-state index contributed by atoms with van der Waals surface area (Å²) in [6.45, 7) is 2.41. The molecule has 2 N–H and O–H groups in total. The minimum absolute atomic E-state index is 0.214. The third-order valence-corrected chi connectivity index (χ3v) is 3.26. The fourth-order valence-electron chi connectivity index (χ4n) is 2.14. The fourth-order valence-corrected chi connectivity index (χ4v) is 2.14. The molecule has 0 bridgehead atoms. The van der Waals surface area contributed by atoms with Crippen LogP contribution in [0.2, 0.25) is 0 Å². The first-order chi connectivity index (χ1) is 11.7. The summed E-state index contributed by atoms with van der Waals surface area (Å²) in [5.74, 6) is -1.28. The van der Waals surface area contributed by atoms with E-state index in [1.54, 1.807) is 6.07 Å². The number of anilines is 1. The highest BCUT2D eigenvalue weighted by atomic mass is 19.4. The van der Waals surface area contributed by atoms with Crippen molar-refractivity contribution in [3.05, 3.63) is 47.3 Å². The van der Waals surface area contributed by atoms with Crippen LogP contribution in [-0.4, -0.2) is 28.1 Å². The molecule has 2 amide bonds. The van der Waals surface area contributed by atoms with E-state index in [4.69, 9.17) is 0 Å². The predicted molar refractivity (Wildman–Crippen MR) is 85.2 cm³/mol. The number of nitrogens with zero attached hydrogens (tertiary/aromatic N) is 2. The number of carbonyl (C=O) groups excluding carboxylic acids is 2. The van der Waals surface area contributed by atoms with Gasteiger partial charge in [0.15, 0.2) is 5.69 Å². The molecule has 9 heteroatoms. The van der Waals surface area contributed by atoms with Crippen LogP contribution in [0, 0.1) is 0 Å². The molecule has 0 atom stereocenters. The maximum atomic E-state index is 12.9. The summed E-state index contributed by atoms with van der Waals surface area (Å²) in [7, 11) is 1.30. The topological polar surface area (TPSA) is 76.0 Å². The Morgan fingerprint density at radius 3 is 2.60 bits per heavy atom. The Morgan fingerprint density at radius 2 is 1.96 bits per heavy atom. The average molecular weight is 354 g/mol. The molecule has 2 aromatic rings. The Labute approximate surface area is 142 Å². The minimum Gasteiger partial charge on any atom is -0.352 e. The molecule has 1 aromatic heterocycles. The molecule has 0 unspecified atom stereocenters. The molecule has 0 radical (unpaired) electrons. The number of carbonyl (C=O) groups is 2. The lowest BCUT2D eigenvalue weighted by Gasteiger charge is -2.09. The van der Waals surface area contributed by atoms with Crippen molar-refractivity contribution in [1.82, 2.24) is 15.1 Å². The van der Waals surface area contributed by atoms with Gasteiger partial charge in [0.2, 0.25) is 0 Å². The molecule has 2 rings (SSSR count). The van der Waals surface area contributed by atoms with Gasteiger partial charge < -0.3 is 10.6 Å². The van der Waals surface area contributed by atoms with Gasteiger partial charge >= 0.3 is 6.18 Å². The van der Waals surface area contributed by atoms with Crippen molar-refractivity contribution >= 4 is 17.5 Å². The van der Waals surface area contributed by atoms with Crippen molar-refractivity contribution < 1.29 is 22.8 Å². The van der Waals surface area contributed by atoms with E-state index < -0.39 is 23.3 Å². The molecule has 1 heterocycles. The van der Waals surface area contributed by atoms with Crippen molar-refractivity contribution in [1.29, 1.82) is 0 Å². The van der Waals surface area contributed by atoms with Crippen molar-refractivity contribution in [3.63, 3.8) is 0 Å². The van der Waals surface area contributed by atoms with E-state index in [1.807, 2.05) is 6.92 Å². The Balaban J connectivity index is 2.21. The Bertz CT molecular complexity index is 784. The number of amides is 2. The minimum atomic E-state index is -4.74. The molecular weight excluding hydrogens is 337 g/mol. The van der Waals surface area contributed by atoms with Crippen LogP contribution in [0.1, 0.15) is 39.8 Å². The summed E-state index contributed by atoms with van der Waals surface area (Å²) < 4.78 is 39.7. The van der Waals surface area contributed by atoms with Crippen LogP contribution >= 0.6 is 0 Å². The maximum absolute atomic E-state index is 12.9. The van der Waals surface area contributed by atoms with E-state index in [2.05, 4.69) is 15.7 Å². The van der Waals surface area contributed by atoms with Gasteiger partial charge in [-0.25, -0.2) is 0 Å². The Hall–Kier alpha value is -2.84. The zero-order valence-electron chi connectivity index (χ0n) is 13.6. The molecular formula is C16H17F3N4O2. The Kier molecular flexibility index (Phi) is 5.45. The summed E-state index contributed by atoms with van der Waals surface area (Å²) in [5.41, 5.74) is -1.33. The van der Waals surface area contributed by atoms with Crippen LogP contribution in [-0.2, 0) is 13.2 Å². The number of benzene rings is 1. The van der Waals surface area contributed by atoms with E-state index in [1.165, 1.54) is 25.2 Å². The summed E-state index contributed by atoms with van der Waals surface area (Å²) >= 11 is 0. The lowest BCUT2D eigenvalue weighted by Crippen LogP contribution is -2.24. The number of aryl methyl sites for hydroxylation is 1. The first kappa shape index (κ1) is 18.5. The first-order valence-corrected chi connectivity index (χ1v) is 7.52. The molecule has 0 aliphatic heterocycles. The highest BCUT2D eigenvalue weighted by Crippen LogP contribution is 2.30. The normalized spacial score (nSPS) is 11.2. The molecule has 1 aromatic carbocycles. The van der Waals surface area contributed by atoms with Gasteiger partial charge in [-0.1, -0.05) is 13.0 Å². The number of hydrogen-bond acceptors (Lipinski definition) is 3. The number of alkyl halides is 3. The average Bonchev–Trinajstić information content (AvgIpc) is 2.95. The van der Waals surface area contributed by atoms with Crippen molar-refractivity contribution in [2.45, 2.75) is 19.5 Å². The van der Waals surface area contributed by atoms with Gasteiger partial charge in [0.05, 0.1) is 5.56 Å². The molecule has 6 nitrogen and oxygen atoms in total. The number of aromatic nitrogens is 2. The summed E-state index contributed by atoms with van der Waals surface area (Å²) in [5, 5.41) is 8.33. The van der Waals surface area contributed by atoms with E-state index in [0.717, 1.165) is 17.3 Å². The van der Waals surface area contributed by atoms with E-state index in [-0.39, 0.29) is 11.6 Å². The van der Waals surface area contributed by atoms with Crippen LogP contribution in [0.15, 0.2) is 30.5 Å². The molecule has 0 saturated heterocycles. The van der Waals surface area contributed by atoms with Gasteiger partial charge in [-0.2, -0.15) is 18.3 Å². The Morgan fingerprint density at radius 1 is 1.24 bits per heavy atom. The highest BCUT2D eigenvalue weighted by Gasteiger charge is 2.39. The highest BCUT2D eigenvalue weighted by molar-refractivity contribution is 6.05. The van der Waals surface area contributed by atoms with Gasteiger partial charge in [0.1, 0.15) is 0 Å². The monoisotopic (exact) mass is 354 g/mol. The van der Waals surface area contributed by atoms with Gasteiger partial charge in [-0.05, 0) is 24.6 Å². The second-order valence-electron chi connectivity index (χ2n) is 5.35. The number of halogens is 3. The number of nitrogens with one attached hydrogen (secondary N) is 2. The van der Waals surface area contributed by atoms with E-state index in [0.29, 0.717) is 12.1 Å². The number of rotatable bonds is 5. The molecule has 25 heavy (non-hydrogen) atoms. The standard InChI is InChI=1S/C16H17F3N4O2/c1-3-7-20-14(24)10-5-4-6-11(8-10)21-15(25)12-9-23(2)22-13(12)16(17,18)19/h4-6,8-9H,3,7H2,1-2H3,(H,20,24)(H,21,25).